The minimum Gasteiger partial charge on any atom is -0.394 e. The van der Waals surface area contributed by atoms with Crippen molar-refractivity contribution in [3.63, 3.8) is 0 Å². The molecule has 2 rings (SSSR count). The summed E-state index contributed by atoms with van der Waals surface area (Å²) < 4.78 is 31.1. The molecule has 1 aromatic carbocycles. The van der Waals surface area contributed by atoms with Crippen LogP contribution in [0.25, 0.3) is 0 Å². The highest BCUT2D eigenvalue weighted by Crippen LogP contribution is 2.13. The van der Waals surface area contributed by atoms with E-state index in [1.54, 1.807) is 6.07 Å². The molecule has 1 aliphatic rings. The molecule has 0 saturated carbocycles. The predicted octanol–water partition coefficient (Wildman–Crippen LogP) is 1.16. The topological polar surface area (TPSA) is 32.7 Å². The molecular formula is C12H15F2NO2. The van der Waals surface area contributed by atoms with Gasteiger partial charge < -0.3 is 9.84 Å². The molecule has 1 N–H and O–H groups in total. The lowest BCUT2D eigenvalue weighted by Gasteiger charge is -2.31. The van der Waals surface area contributed by atoms with Crippen molar-refractivity contribution in [3.05, 3.63) is 35.4 Å². The maximum atomic E-state index is 13.0. The van der Waals surface area contributed by atoms with Crippen LogP contribution in [0.2, 0.25) is 0 Å². The van der Waals surface area contributed by atoms with Crippen molar-refractivity contribution in [3.8, 4) is 0 Å². The van der Waals surface area contributed by atoms with Crippen molar-refractivity contribution in [1.82, 2.24) is 4.90 Å². The van der Waals surface area contributed by atoms with E-state index in [0.29, 0.717) is 19.7 Å². The van der Waals surface area contributed by atoms with Gasteiger partial charge in [0.25, 0.3) is 0 Å². The number of aliphatic hydroxyl groups is 1. The maximum Gasteiger partial charge on any atom is 0.159 e. The lowest BCUT2D eigenvalue weighted by atomic mass is 10.2. The number of hydrogen-bond acceptors (Lipinski definition) is 3. The second-order valence-corrected chi connectivity index (χ2v) is 4.16. The van der Waals surface area contributed by atoms with Crippen LogP contribution in [-0.4, -0.2) is 42.4 Å². The zero-order chi connectivity index (χ0) is 12.3. The molecule has 1 fully saturated rings. The molecule has 0 radical (unpaired) electrons. The molecule has 17 heavy (non-hydrogen) atoms. The molecule has 0 aromatic heterocycles. The number of nitrogens with zero attached hydrogens (tertiary/aromatic N) is 1. The molecule has 1 heterocycles. The molecule has 1 saturated heterocycles. The lowest BCUT2D eigenvalue weighted by molar-refractivity contribution is -0.0551. The van der Waals surface area contributed by atoms with E-state index in [4.69, 9.17) is 9.84 Å². The molecular weight excluding hydrogens is 228 g/mol. The van der Waals surface area contributed by atoms with Gasteiger partial charge in [-0.15, -0.1) is 0 Å². The molecule has 1 atom stereocenters. The molecule has 0 aliphatic carbocycles. The van der Waals surface area contributed by atoms with Crippen LogP contribution in [0.3, 0.4) is 0 Å². The Morgan fingerprint density at radius 1 is 1.35 bits per heavy atom. The van der Waals surface area contributed by atoms with Crippen molar-refractivity contribution in [2.75, 3.05) is 26.3 Å². The van der Waals surface area contributed by atoms with Gasteiger partial charge in [0.1, 0.15) is 0 Å². The summed E-state index contributed by atoms with van der Waals surface area (Å²) in [5.41, 5.74) is 0.725. The average Bonchev–Trinajstić information content (AvgIpc) is 2.34. The van der Waals surface area contributed by atoms with Gasteiger partial charge >= 0.3 is 0 Å². The highest BCUT2D eigenvalue weighted by atomic mass is 19.2. The van der Waals surface area contributed by atoms with Gasteiger partial charge in [-0.25, -0.2) is 8.78 Å². The second kappa shape index (κ2) is 5.53. The Labute approximate surface area is 98.6 Å². The summed E-state index contributed by atoms with van der Waals surface area (Å²) >= 11 is 0. The summed E-state index contributed by atoms with van der Waals surface area (Å²) in [5.74, 6) is -1.65. The minimum absolute atomic E-state index is 0.0196. The molecule has 3 nitrogen and oxygen atoms in total. The molecule has 94 valence electrons. The molecule has 1 aromatic rings. The van der Waals surface area contributed by atoms with Gasteiger partial charge in [0, 0.05) is 19.6 Å². The van der Waals surface area contributed by atoms with Crippen LogP contribution in [-0.2, 0) is 11.3 Å². The van der Waals surface area contributed by atoms with Crippen LogP contribution in [0.15, 0.2) is 18.2 Å². The number of benzene rings is 1. The zero-order valence-corrected chi connectivity index (χ0v) is 9.40. The van der Waals surface area contributed by atoms with Crippen LogP contribution in [0.5, 0.6) is 0 Å². The Kier molecular flexibility index (Phi) is 4.04. The number of ether oxygens (including phenoxy) is 1. The van der Waals surface area contributed by atoms with Crippen molar-refractivity contribution in [2.24, 2.45) is 0 Å². The van der Waals surface area contributed by atoms with Crippen LogP contribution >= 0.6 is 0 Å². The zero-order valence-electron chi connectivity index (χ0n) is 9.40. The fraction of sp³-hybridized carbons (Fsp3) is 0.500. The highest BCUT2D eigenvalue weighted by Gasteiger charge is 2.19. The van der Waals surface area contributed by atoms with E-state index in [1.165, 1.54) is 6.07 Å². The van der Waals surface area contributed by atoms with Gasteiger partial charge in [-0.2, -0.15) is 0 Å². The van der Waals surface area contributed by atoms with Crippen LogP contribution < -0.4 is 0 Å². The van der Waals surface area contributed by atoms with Crippen molar-refractivity contribution >= 4 is 0 Å². The van der Waals surface area contributed by atoms with E-state index >= 15 is 0 Å². The van der Waals surface area contributed by atoms with Gasteiger partial charge in [0.15, 0.2) is 11.6 Å². The quantitative estimate of drug-likeness (QED) is 0.864. The van der Waals surface area contributed by atoms with Crippen LogP contribution in [0.1, 0.15) is 5.56 Å². The van der Waals surface area contributed by atoms with E-state index in [0.717, 1.165) is 18.2 Å². The SMILES string of the molecule is OCC1CN(Cc2ccc(F)c(F)c2)CCO1. The summed E-state index contributed by atoms with van der Waals surface area (Å²) in [6.07, 6.45) is -0.186. The first-order valence-electron chi connectivity index (χ1n) is 5.58. The third-order valence-corrected chi connectivity index (χ3v) is 2.82. The number of aliphatic hydroxyl groups excluding tert-OH is 1. The second-order valence-electron chi connectivity index (χ2n) is 4.16. The lowest BCUT2D eigenvalue weighted by Crippen LogP contribution is -2.43. The van der Waals surface area contributed by atoms with E-state index in [1.807, 2.05) is 0 Å². The maximum absolute atomic E-state index is 13.0. The van der Waals surface area contributed by atoms with Crippen molar-refractivity contribution in [2.45, 2.75) is 12.6 Å². The fourth-order valence-electron chi connectivity index (χ4n) is 1.93. The Hall–Kier alpha value is -1.04. The van der Waals surface area contributed by atoms with Gasteiger partial charge in [-0.1, -0.05) is 6.07 Å². The van der Waals surface area contributed by atoms with Gasteiger partial charge in [-0.05, 0) is 17.7 Å². The van der Waals surface area contributed by atoms with E-state index in [9.17, 15) is 8.78 Å². The molecule has 1 unspecified atom stereocenters. The Morgan fingerprint density at radius 2 is 2.18 bits per heavy atom. The van der Waals surface area contributed by atoms with Gasteiger partial charge in [0.05, 0.1) is 19.3 Å². The first-order valence-corrected chi connectivity index (χ1v) is 5.58. The normalized spacial score (nSPS) is 21.7. The summed E-state index contributed by atoms with van der Waals surface area (Å²) in [5, 5.41) is 8.99. The summed E-state index contributed by atoms with van der Waals surface area (Å²) in [7, 11) is 0. The number of halogens is 2. The van der Waals surface area contributed by atoms with E-state index < -0.39 is 11.6 Å². The summed E-state index contributed by atoms with van der Waals surface area (Å²) in [6, 6.07) is 3.91. The number of rotatable bonds is 3. The van der Waals surface area contributed by atoms with E-state index in [-0.39, 0.29) is 12.7 Å². The average molecular weight is 243 g/mol. The van der Waals surface area contributed by atoms with Gasteiger partial charge in [-0.3, -0.25) is 4.90 Å². The largest absolute Gasteiger partial charge is 0.394 e. The van der Waals surface area contributed by atoms with Crippen molar-refractivity contribution in [1.29, 1.82) is 0 Å². The van der Waals surface area contributed by atoms with E-state index in [2.05, 4.69) is 4.90 Å². The number of morpholine rings is 1. The Balaban J connectivity index is 1.97. The minimum atomic E-state index is -0.830. The molecule has 0 bridgehead atoms. The predicted molar refractivity (Wildman–Crippen MR) is 58.5 cm³/mol. The van der Waals surface area contributed by atoms with Crippen LogP contribution in [0.4, 0.5) is 8.78 Å². The Bertz CT molecular complexity index is 387. The van der Waals surface area contributed by atoms with Gasteiger partial charge in [0.2, 0.25) is 0 Å². The monoisotopic (exact) mass is 243 g/mol. The molecule has 5 heteroatoms. The fourth-order valence-corrected chi connectivity index (χ4v) is 1.93. The van der Waals surface area contributed by atoms with Crippen LogP contribution in [0, 0.1) is 11.6 Å². The third-order valence-electron chi connectivity index (χ3n) is 2.82. The molecule has 0 amide bonds. The highest BCUT2D eigenvalue weighted by molar-refractivity contribution is 5.17. The smallest absolute Gasteiger partial charge is 0.159 e. The summed E-state index contributed by atoms with van der Waals surface area (Å²) in [4.78, 5) is 2.05. The number of hydrogen-bond donors (Lipinski definition) is 1. The Morgan fingerprint density at radius 3 is 2.88 bits per heavy atom. The van der Waals surface area contributed by atoms with Crippen molar-refractivity contribution < 1.29 is 18.6 Å². The third kappa shape index (κ3) is 3.21. The first kappa shape index (κ1) is 12.4. The summed E-state index contributed by atoms with van der Waals surface area (Å²) in [6.45, 7) is 2.41. The molecule has 1 aliphatic heterocycles. The standard InChI is InChI=1S/C12H15F2NO2/c13-11-2-1-9(5-12(11)14)6-15-3-4-17-10(7-15)8-16/h1-2,5,10,16H,3-4,6-8H2. The molecule has 0 spiro atoms. The first-order chi connectivity index (χ1) is 8.19.